The second-order valence-corrected chi connectivity index (χ2v) is 4.83. The highest BCUT2D eigenvalue weighted by atomic mass is 16.4. The lowest BCUT2D eigenvalue weighted by Gasteiger charge is -2.40. The van der Waals surface area contributed by atoms with Gasteiger partial charge in [0.05, 0.1) is 5.41 Å². The standard InChI is InChI=1S/C12H18N2O2/c1-14(8-10-3-6-13-7-10)9-12(11(15)16)4-2-5-12/h3,6-7,13H,2,4-5,8-9H2,1H3,(H,15,16). The van der Waals surface area contributed by atoms with Crippen LogP contribution in [-0.2, 0) is 11.3 Å². The molecule has 1 aliphatic carbocycles. The maximum absolute atomic E-state index is 11.2. The third kappa shape index (κ3) is 2.11. The predicted molar refractivity (Wildman–Crippen MR) is 61.0 cm³/mol. The second-order valence-electron chi connectivity index (χ2n) is 4.83. The summed E-state index contributed by atoms with van der Waals surface area (Å²) in [6.07, 6.45) is 6.52. The summed E-state index contributed by atoms with van der Waals surface area (Å²) < 4.78 is 0. The van der Waals surface area contributed by atoms with Gasteiger partial charge < -0.3 is 15.0 Å². The van der Waals surface area contributed by atoms with E-state index in [1.165, 1.54) is 5.56 Å². The number of aromatic nitrogens is 1. The van der Waals surface area contributed by atoms with Crippen molar-refractivity contribution in [3.63, 3.8) is 0 Å². The number of aliphatic carboxylic acids is 1. The van der Waals surface area contributed by atoms with Crippen molar-refractivity contribution in [1.29, 1.82) is 0 Å². The molecule has 0 amide bonds. The van der Waals surface area contributed by atoms with Gasteiger partial charge in [-0.25, -0.2) is 0 Å². The highest BCUT2D eigenvalue weighted by molar-refractivity contribution is 5.76. The van der Waals surface area contributed by atoms with Crippen LogP contribution in [0.15, 0.2) is 18.5 Å². The normalized spacial score (nSPS) is 18.4. The molecule has 2 N–H and O–H groups in total. The maximum Gasteiger partial charge on any atom is 0.310 e. The summed E-state index contributed by atoms with van der Waals surface area (Å²) in [5, 5.41) is 9.23. The second kappa shape index (κ2) is 4.29. The van der Waals surface area contributed by atoms with Crippen molar-refractivity contribution >= 4 is 5.97 Å². The molecule has 0 radical (unpaired) electrons. The number of nitrogens with one attached hydrogen (secondary N) is 1. The summed E-state index contributed by atoms with van der Waals surface area (Å²) in [4.78, 5) is 16.3. The first-order valence-corrected chi connectivity index (χ1v) is 5.66. The monoisotopic (exact) mass is 222 g/mol. The largest absolute Gasteiger partial charge is 0.481 e. The average Bonchev–Trinajstić information content (AvgIpc) is 2.63. The molecule has 1 fully saturated rings. The Bertz CT molecular complexity index is 355. The molecule has 2 rings (SSSR count). The summed E-state index contributed by atoms with van der Waals surface area (Å²) in [5.74, 6) is -0.639. The van der Waals surface area contributed by atoms with E-state index in [0.717, 1.165) is 25.8 Å². The zero-order chi connectivity index (χ0) is 11.6. The smallest absolute Gasteiger partial charge is 0.310 e. The topological polar surface area (TPSA) is 56.3 Å². The molecule has 4 heteroatoms. The molecule has 0 bridgehead atoms. The fraction of sp³-hybridized carbons (Fsp3) is 0.583. The molecule has 0 spiro atoms. The van der Waals surface area contributed by atoms with Crippen LogP contribution in [0.25, 0.3) is 0 Å². The number of rotatable bonds is 5. The minimum Gasteiger partial charge on any atom is -0.481 e. The third-order valence-electron chi connectivity index (χ3n) is 3.45. The lowest BCUT2D eigenvalue weighted by Crippen LogP contribution is -2.46. The van der Waals surface area contributed by atoms with E-state index in [0.29, 0.717) is 6.54 Å². The van der Waals surface area contributed by atoms with Crippen molar-refractivity contribution in [2.45, 2.75) is 25.8 Å². The molecule has 1 aromatic heterocycles. The summed E-state index contributed by atoms with van der Waals surface area (Å²) in [6, 6.07) is 2.02. The molecular weight excluding hydrogens is 204 g/mol. The van der Waals surface area contributed by atoms with Gasteiger partial charge in [-0.2, -0.15) is 0 Å². The Kier molecular flexibility index (Phi) is 3.01. The highest BCUT2D eigenvalue weighted by Crippen LogP contribution is 2.41. The Morgan fingerprint density at radius 1 is 1.62 bits per heavy atom. The fourth-order valence-corrected chi connectivity index (χ4v) is 2.38. The van der Waals surface area contributed by atoms with Crippen molar-refractivity contribution in [2.75, 3.05) is 13.6 Å². The number of hydrogen-bond donors (Lipinski definition) is 2. The zero-order valence-electron chi connectivity index (χ0n) is 9.57. The number of carbonyl (C=O) groups is 1. The number of aromatic amines is 1. The van der Waals surface area contributed by atoms with Crippen LogP contribution in [0.3, 0.4) is 0 Å². The van der Waals surface area contributed by atoms with E-state index < -0.39 is 11.4 Å². The summed E-state index contributed by atoms with van der Waals surface area (Å²) in [7, 11) is 1.98. The Hall–Kier alpha value is -1.29. The first-order chi connectivity index (χ1) is 7.62. The molecule has 1 heterocycles. The van der Waals surface area contributed by atoms with Gasteiger partial charge in [0.2, 0.25) is 0 Å². The lowest BCUT2D eigenvalue weighted by atomic mass is 9.68. The molecule has 0 atom stereocenters. The van der Waals surface area contributed by atoms with Crippen LogP contribution in [0.5, 0.6) is 0 Å². The summed E-state index contributed by atoms with van der Waals surface area (Å²) >= 11 is 0. The van der Waals surface area contributed by atoms with E-state index in [-0.39, 0.29) is 0 Å². The van der Waals surface area contributed by atoms with Gasteiger partial charge in [0.15, 0.2) is 0 Å². The first kappa shape index (κ1) is 11.2. The third-order valence-corrected chi connectivity index (χ3v) is 3.45. The molecule has 0 unspecified atom stereocenters. The van der Waals surface area contributed by atoms with E-state index in [9.17, 15) is 9.90 Å². The molecule has 1 saturated carbocycles. The van der Waals surface area contributed by atoms with Gasteiger partial charge in [-0.05, 0) is 31.5 Å². The Morgan fingerprint density at radius 3 is 2.81 bits per heavy atom. The maximum atomic E-state index is 11.2. The molecule has 1 aromatic rings. The molecular formula is C12H18N2O2. The molecule has 0 saturated heterocycles. The van der Waals surface area contributed by atoms with Gasteiger partial charge >= 0.3 is 5.97 Å². The minimum atomic E-state index is -0.639. The van der Waals surface area contributed by atoms with E-state index in [1.54, 1.807) is 0 Å². The average molecular weight is 222 g/mol. The number of carboxylic acid groups (broad SMARTS) is 1. The minimum absolute atomic E-state index is 0.481. The number of nitrogens with zero attached hydrogens (tertiary/aromatic N) is 1. The lowest BCUT2D eigenvalue weighted by molar-refractivity contribution is -0.156. The Labute approximate surface area is 95.3 Å². The van der Waals surface area contributed by atoms with Crippen molar-refractivity contribution in [3.05, 3.63) is 24.0 Å². The van der Waals surface area contributed by atoms with Crippen LogP contribution >= 0.6 is 0 Å². The Morgan fingerprint density at radius 2 is 2.38 bits per heavy atom. The van der Waals surface area contributed by atoms with Crippen molar-refractivity contribution in [2.24, 2.45) is 5.41 Å². The van der Waals surface area contributed by atoms with Crippen LogP contribution in [0.2, 0.25) is 0 Å². The van der Waals surface area contributed by atoms with Gasteiger partial charge in [-0.15, -0.1) is 0 Å². The molecule has 16 heavy (non-hydrogen) atoms. The molecule has 1 aliphatic rings. The van der Waals surface area contributed by atoms with Crippen LogP contribution in [-0.4, -0.2) is 34.6 Å². The van der Waals surface area contributed by atoms with E-state index in [1.807, 2.05) is 25.5 Å². The van der Waals surface area contributed by atoms with Gasteiger partial charge in [0.1, 0.15) is 0 Å². The van der Waals surface area contributed by atoms with Crippen LogP contribution in [0.4, 0.5) is 0 Å². The van der Waals surface area contributed by atoms with Crippen molar-refractivity contribution in [1.82, 2.24) is 9.88 Å². The number of hydrogen-bond acceptors (Lipinski definition) is 2. The van der Waals surface area contributed by atoms with E-state index in [4.69, 9.17) is 0 Å². The first-order valence-electron chi connectivity index (χ1n) is 5.66. The van der Waals surface area contributed by atoms with Gasteiger partial charge in [0, 0.05) is 25.5 Å². The molecule has 4 nitrogen and oxygen atoms in total. The fourth-order valence-electron chi connectivity index (χ4n) is 2.38. The highest BCUT2D eigenvalue weighted by Gasteiger charge is 2.44. The predicted octanol–water partition coefficient (Wildman–Crippen LogP) is 1.70. The SMILES string of the molecule is CN(Cc1cc[nH]c1)CC1(C(=O)O)CCC1. The number of carboxylic acids is 1. The molecule has 0 aliphatic heterocycles. The van der Waals surface area contributed by atoms with Crippen LogP contribution in [0.1, 0.15) is 24.8 Å². The molecule has 88 valence electrons. The van der Waals surface area contributed by atoms with Gasteiger partial charge in [-0.3, -0.25) is 4.79 Å². The Balaban J connectivity index is 1.91. The van der Waals surface area contributed by atoms with Crippen molar-refractivity contribution in [3.8, 4) is 0 Å². The van der Waals surface area contributed by atoms with Gasteiger partial charge in [-0.1, -0.05) is 6.42 Å². The van der Waals surface area contributed by atoms with Crippen LogP contribution < -0.4 is 0 Å². The number of H-pyrrole nitrogens is 1. The molecule has 0 aromatic carbocycles. The van der Waals surface area contributed by atoms with Crippen LogP contribution in [0, 0.1) is 5.41 Å². The zero-order valence-corrected chi connectivity index (χ0v) is 9.57. The van der Waals surface area contributed by atoms with Gasteiger partial charge in [0.25, 0.3) is 0 Å². The van der Waals surface area contributed by atoms with Crippen molar-refractivity contribution < 1.29 is 9.90 Å². The quantitative estimate of drug-likeness (QED) is 0.797. The summed E-state index contributed by atoms with van der Waals surface area (Å²) in [6.45, 7) is 1.45. The summed E-state index contributed by atoms with van der Waals surface area (Å²) in [5.41, 5.74) is 0.716. The van der Waals surface area contributed by atoms with E-state index in [2.05, 4.69) is 9.88 Å². The van der Waals surface area contributed by atoms with E-state index >= 15 is 0 Å².